The maximum Gasteiger partial charge on any atom is 0.238 e. The van der Waals surface area contributed by atoms with Crippen molar-refractivity contribution in [2.45, 2.75) is 25.7 Å². The van der Waals surface area contributed by atoms with Gasteiger partial charge >= 0.3 is 0 Å². The number of hydrogen-bond donors (Lipinski definition) is 1. The van der Waals surface area contributed by atoms with Crippen LogP contribution in [0, 0.1) is 21.3 Å². The molecule has 1 fully saturated rings. The first kappa shape index (κ1) is 26.0. The normalized spacial score (nSPS) is 26.2. The summed E-state index contributed by atoms with van der Waals surface area (Å²) in [5, 5.41) is 10.4. The lowest BCUT2D eigenvalue weighted by Gasteiger charge is -2.42. The van der Waals surface area contributed by atoms with Gasteiger partial charge in [-0.15, -0.1) is 0 Å². The molecule has 0 saturated carbocycles. The highest BCUT2D eigenvalue weighted by Crippen LogP contribution is 2.56. The fourth-order valence-electron chi connectivity index (χ4n) is 6.52. The summed E-state index contributed by atoms with van der Waals surface area (Å²) in [6.45, 7) is 1.61. The lowest BCUT2D eigenvalue weighted by atomic mass is 9.59. The number of nitrogens with zero attached hydrogens (tertiary/aromatic N) is 1. The predicted octanol–water partition coefficient (Wildman–Crippen LogP) is 5.29. The molecular formula is C30H23ClINO6. The number of hydrogen-bond acceptors (Lipinski definition) is 6. The Morgan fingerprint density at radius 2 is 1.77 bits per heavy atom. The summed E-state index contributed by atoms with van der Waals surface area (Å²) in [5.74, 6) is -3.52. The summed E-state index contributed by atoms with van der Waals surface area (Å²) in [6.07, 6.45) is 3.82. The standard InChI is InChI=1S/C30H23ClINO6/c1-13-9-22(34)26-20(27(13)35)12-19-17(24(26)14-10-21(31)28(36)23(11-14)39-2)7-8-18-25(19)30(38)33(29(18)37)16-5-3-15(32)4-6-16/h3-7,9-11,18-19,24-25,36H,8,12H2,1-2H3. The van der Waals surface area contributed by atoms with Gasteiger partial charge in [0.05, 0.1) is 29.7 Å². The van der Waals surface area contributed by atoms with Gasteiger partial charge in [0, 0.05) is 26.2 Å². The SMILES string of the molecule is COc1cc(C2C3=CCC4C(=O)N(c5ccc(I)cc5)C(=O)C4C3CC3=C2C(=O)C=C(C)C3=O)cc(Cl)c1O. The van der Waals surface area contributed by atoms with Crippen molar-refractivity contribution in [2.75, 3.05) is 12.0 Å². The lowest BCUT2D eigenvalue weighted by Crippen LogP contribution is -2.39. The van der Waals surface area contributed by atoms with Gasteiger partial charge in [0.25, 0.3) is 0 Å². The van der Waals surface area contributed by atoms with Gasteiger partial charge in [-0.05, 0) is 96.3 Å². The zero-order chi connectivity index (χ0) is 27.7. The molecule has 2 aromatic rings. The van der Waals surface area contributed by atoms with E-state index in [0.29, 0.717) is 34.4 Å². The Labute approximate surface area is 243 Å². The number of allylic oxidation sites excluding steroid dienone is 6. The fourth-order valence-corrected chi connectivity index (χ4v) is 7.10. The van der Waals surface area contributed by atoms with E-state index in [0.717, 1.165) is 9.14 Å². The smallest absolute Gasteiger partial charge is 0.238 e. The number of amides is 2. The van der Waals surface area contributed by atoms with Gasteiger partial charge in [0.15, 0.2) is 23.1 Å². The molecule has 7 nitrogen and oxygen atoms in total. The van der Waals surface area contributed by atoms with E-state index in [-0.39, 0.29) is 46.3 Å². The molecule has 39 heavy (non-hydrogen) atoms. The lowest BCUT2D eigenvalue weighted by molar-refractivity contribution is -0.123. The molecule has 0 aromatic heterocycles. The summed E-state index contributed by atoms with van der Waals surface area (Å²) in [6, 6.07) is 10.4. The van der Waals surface area contributed by atoms with Crippen LogP contribution < -0.4 is 9.64 Å². The number of ketones is 2. The van der Waals surface area contributed by atoms with Crippen molar-refractivity contribution >= 4 is 63.3 Å². The third kappa shape index (κ3) is 3.90. The van der Waals surface area contributed by atoms with Gasteiger partial charge in [-0.25, -0.2) is 0 Å². The van der Waals surface area contributed by atoms with Crippen molar-refractivity contribution in [1.29, 1.82) is 0 Å². The molecule has 0 bridgehead atoms. The highest BCUT2D eigenvalue weighted by molar-refractivity contribution is 14.1. The van der Waals surface area contributed by atoms with Crippen LogP contribution in [0.2, 0.25) is 5.02 Å². The van der Waals surface area contributed by atoms with Crippen LogP contribution in [0.1, 0.15) is 31.2 Å². The molecule has 1 heterocycles. The van der Waals surface area contributed by atoms with Crippen molar-refractivity contribution in [3.63, 3.8) is 0 Å². The second-order valence-corrected chi connectivity index (χ2v) is 11.9. The molecule has 198 valence electrons. The average molecular weight is 656 g/mol. The molecule has 2 aromatic carbocycles. The van der Waals surface area contributed by atoms with E-state index in [1.165, 1.54) is 18.1 Å². The molecule has 3 aliphatic carbocycles. The highest BCUT2D eigenvalue weighted by Gasteiger charge is 2.56. The highest BCUT2D eigenvalue weighted by atomic mass is 127. The van der Waals surface area contributed by atoms with Crippen LogP contribution >= 0.6 is 34.2 Å². The maximum atomic E-state index is 13.9. The van der Waals surface area contributed by atoms with Crippen molar-refractivity contribution < 1.29 is 29.0 Å². The number of phenols is 1. The molecule has 0 spiro atoms. The Hall–Kier alpha value is -3.24. The van der Waals surface area contributed by atoms with Crippen molar-refractivity contribution in [1.82, 2.24) is 0 Å². The van der Waals surface area contributed by atoms with Crippen molar-refractivity contribution in [2.24, 2.45) is 17.8 Å². The minimum Gasteiger partial charge on any atom is -0.503 e. The largest absolute Gasteiger partial charge is 0.503 e. The maximum absolute atomic E-state index is 13.9. The molecule has 1 aliphatic heterocycles. The average Bonchev–Trinajstić information content (AvgIpc) is 3.18. The number of Topliss-reactive ketones (excluding diaryl/α,β-unsaturated/α-hetero) is 1. The number of imide groups is 1. The first-order chi connectivity index (χ1) is 18.6. The van der Waals surface area contributed by atoms with Crippen LogP contribution in [-0.4, -0.2) is 35.6 Å². The zero-order valence-electron chi connectivity index (χ0n) is 21.0. The molecule has 1 saturated heterocycles. The Morgan fingerprint density at radius 3 is 2.46 bits per heavy atom. The van der Waals surface area contributed by atoms with Gasteiger partial charge in [0.2, 0.25) is 11.8 Å². The minimum atomic E-state index is -0.678. The van der Waals surface area contributed by atoms with Gasteiger partial charge in [-0.2, -0.15) is 0 Å². The summed E-state index contributed by atoms with van der Waals surface area (Å²) in [5.41, 5.74) is 2.94. The van der Waals surface area contributed by atoms with Crippen LogP contribution in [-0.2, 0) is 19.2 Å². The first-order valence-corrected chi connectivity index (χ1v) is 14.0. The number of halogens is 2. The van der Waals surface area contributed by atoms with Gasteiger partial charge in [0.1, 0.15) is 0 Å². The molecule has 4 unspecified atom stereocenters. The van der Waals surface area contributed by atoms with Gasteiger partial charge < -0.3 is 9.84 Å². The third-order valence-electron chi connectivity index (χ3n) is 8.25. The summed E-state index contributed by atoms with van der Waals surface area (Å²) in [7, 11) is 1.40. The first-order valence-electron chi connectivity index (χ1n) is 12.5. The monoisotopic (exact) mass is 655 g/mol. The quantitative estimate of drug-likeness (QED) is 0.209. The third-order valence-corrected chi connectivity index (χ3v) is 9.26. The Morgan fingerprint density at radius 1 is 1.05 bits per heavy atom. The van der Waals surface area contributed by atoms with E-state index < -0.39 is 23.7 Å². The molecule has 0 radical (unpaired) electrons. The molecule has 9 heteroatoms. The van der Waals surface area contributed by atoms with Gasteiger partial charge in [-0.3, -0.25) is 24.1 Å². The van der Waals surface area contributed by atoms with E-state index in [2.05, 4.69) is 22.6 Å². The molecule has 2 amide bonds. The van der Waals surface area contributed by atoms with Crippen LogP contribution in [0.25, 0.3) is 0 Å². The number of carbonyl (C=O) groups is 4. The van der Waals surface area contributed by atoms with Gasteiger partial charge in [-0.1, -0.05) is 23.3 Å². The van der Waals surface area contributed by atoms with E-state index in [9.17, 15) is 24.3 Å². The minimum absolute atomic E-state index is 0.0428. The zero-order valence-corrected chi connectivity index (χ0v) is 23.9. The summed E-state index contributed by atoms with van der Waals surface area (Å²) >= 11 is 8.52. The van der Waals surface area contributed by atoms with Crippen LogP contribution in [0.3, 0.4) is 0 Å². The molecule has 4 aliphatic rings. The number of ether oxygens (including phenoxy) is 1. The molecule has 1 N–H and O–H groups in total. The number of methoxy groups -OCH3 is 1. The van der Waals surface area contributed by atoms with Crippen LogP contribution in [0.15, 0.2) is 70.8 Å². The Kier molecular flexibility index (Phi) is 6.30. The number of rotatable bonds is 3. The molecular weight excluding hydrogens is 633 g/mol. The van der Waals surface area contributed by atoms with E-state index >= 15 is 0 Å². The topological polar surface area (TPSA) is 101 Å². The predicted molar refractivity (Wildman–Crippen MR) is 153 cm³/mol. The second-order valence-electron chi connectivity index (χ2n) is 10.3. The van der Waals surface area contributed by atoms with Crippen molar-refractivity contribution in [3.8, 4) is 11.5 Å². The van der Waals surface area contributed by atoms with Crippen LogP contribution in [0.4, 0.5) is 5.69 Å². The Bertz CT molecular complexity index is 1590. The summed E-state index contributed by atoms with van der Waals surface area (Å²) < 4.78 is 6.31. The number of benzene rings is 2. The van der Waals surface area contributed by atoms with E-state index in [4.69, 9.17) is 16.3 Å². The number of phenolic OH excluding ortho intramolecular Hbond substituents is 1. The number of carbonyl (C=O) groups excluding carboxylic acids is 4. The van der Waals surface area contributed by atoms with E-state index in [1.807, 2.05) is 18.2 Å². The summed E-state index contributed by atoms with van der Waals surface area (Å²) in [4.78, 5) is 55.5. The number of fused-ring (bicyclic) bond motifs is 3. The Balaban J connectivity index is 1.51. The van der Waals surface area contributed by atoms with E-state index in [1.54, 1.807) is 31.2 Å². The second kappa shape index (κ2) is 9.45. The van der Waals surface area contributed by atoms with Crippen molar-refractivity contribution in [3.05, 3.63) is 85.0 Å². The van der Waals surface area contributed by atoms with Crippen LogP contribution in [0.5, 0.6) is 11.5 Å². The fraction of sp³-hybridized carbons (Fsp3) is 0.267. The number of anilines is 1. The number of aromatic hydroxyl groups is 1. The molecule has 4 atom stereocenters. The molecule has 6 rings (SSSR count).